The Morgan fingerprint density at radius 3 is 2.59 bits per heavy atom. The van der Waals surface area contributed by atoms with E-state index in [4.69, 9.17) is 11.6 Å². The fourth-order valence-corrected chi connectivity index (χ4v) is 6.47. The monoisotopic (exact) mass is 575 g/mol. The smallest absolute Gasteiger partial charge is 0.261 e. The zero-order valence-electron chi connectivity index (χ0n) is 22.9. The first-order valence-corrected chi connectivity index (χ1v) is 14.6. The van der Waals surface area contributed by atoms with Crippen LogP contribution >= 0.6 is 23.4 Å². The number of thioether (sulfide) groups is 1. The normalized spacial score (nSPS) is 22.4. The van der Waals surface area contributed by atoms with Gasteiger partial charge in [-0.05, 0) is 44.4 Å². The molecule has 3 aliphatic heterocycles. The minimum Gasteiger partial charge on any atom is -0.383 e. The molecule has 0 radical (unpaired) electrons. The van der Waals surface area contributed by atoms with E-state index >= 15 is 0 Å². The quantitative estimate of drug-likeness (QED) is 0.264. The molecule has 4 aliphatic rings. The van der Waals surface area contributed by atoms with Crippen LogP contribution in [0.1, 0.15) is 46.1 Å². The lowest BCUT2D eigenvalue weighted by Crippen LogP contribution is -2.60. The average molecular weight is 576 g/mol. The summed E-state index contributed by atoms with van der Waals surface area (Å²) in [6.07, 6.45) is 0.160. The van der Waals surface area contributed by atoms with Crippen molar-refractivity contribution >= 4 is 40.4 Å². The summed E-state index contributed by atoms with van der Waals surface area (Å²) in [5.74, 6) is 0.755. The van der Waals surface area contributed by atoms with Gasteiger partial charge in [0.15, 0.2) is 0 Å². The fourth-order valence-electron chi connectivity index (χ4n) is 5.39. The Bertz CT molecular complexity index is 1290. The number of anilines is 2. The van der Waals surface area contributed by atoms with Crippen molar-refractivity contribution < 1.29 is 8.78 Å². The van der Waals surface area contributed by atoms with Gasteiger partial charge < -0.3 is 26.2 Å². The predicted molar refractivity (Wildman–Crippen MR) is 156 cm³/mol. The molecule has 2 atom stereocenters. The van der Waals surface area contributed by atoms with Gasteiger partial charge in [0.1, 0.15) is 11.7 Å². The zero-order valence-corrected chi connectivity index (χ0v) is 24.5. The van der Waals surface area contributed by atoms with Gasteiger partial charge in [-0.1, -0.05) is 32.4 Å². The number of likely N-dealkylation sites (N-methyl/N-ethyl adjacent to an activating group) is 1. The third-order valence-corrected chi connectivity index (χ3v) is 8.98. The second-order valence-corrected chi connectivity index (χ2v) is 13.4. The molecule has 1 saturated carbocycles. The Morgan fingerprint density at radius 2 is 2.03 bits per heavy atom. The maximum Gasteiger partial charge on any atom is 0.261 e. The molecule has 11 heteroatoms. The molecule has 3 heterocycles. The van der Waals surface area contributed by atoms with Gasteiger partial charge in [-0.15, -0.1) is 11.8 Å². The molecule has 0 spiro atoms. The zero-order chi connectivity index (χ0) is 28.1. The number of hydrogen-bond donors (Lipinski definition) is 5. The van der Waals surface area contributed by atoms with Gasteiger partial charge >= 0.3 is 0 Å². The van der Waals surface area contributed by atoms with Crippen molar-refractivity contribution in [2.75, 3.05) is 36.6 Å². The Balaban J connectivity index is 1.51. The van der Waals surface area contributed by atoms with E-state index in [1.807, 2.05) is 25.4 Å². The van der Waals surface area contributed by atoms with E-state index in [0.717, 1.165) is 44.7 Å². The largest absolute Gasteiger partial charge is 0.383 e. The fraction of sp³-hybridized carbons (Fsp3) is 0.536. The molecule has 0 amide bonds. The lowest BCUT2D eigenvalue weighted by atomic mass is 9.92. The molecule has 210 valence electrons. The Morgan fingerprint density at radius 1 is 1.28 bits per heavy atom. The number of alkyl halides is 2. The summed E-state index contributed by atoms with van der Waals surface area (Å²) in [6, 6.07) is 5.95. The van der Waals surface area contributed by atoms with Crippen LogP contribution in [0.25, 0.3) is 5.70 Å². The Labute approximate surface area is 238 Å². The molecule has 0 saturated heterocycles. The van der Waals surface area contributed by atoms with Gasteiger partial charge in [0.25, 0.3) is 6.43 Å². The first kappa shape index (κ1) is 27.9. The molecule has 2 unspecified atom stereocenters. The molecule has 39 heavy (non-hydrogen) atoms. The Hall–Kier alpha value is -2.61. The number of halogens is 3. The number of allylic oxidation sites excluding steroid dienone is 1. The Kier molecular flexibility index (Phi) is 7.46. The van der Waals surface area contributed by atoms with E-state index in [1.165, 1.54) is 0 Å². The van der Waals surface area contributed by atoms with Crippen LogP contribution in [0, 0.1) is 16.7 Å². The van der Waals surface area contributed by atoms with E-state index in [9.17, 15) is 14.0 Å². The molecule has 7 nitrogen and oxygen atoms in total. The molecule has 1 aromatic rings. The van der Waals surface area contributed by atoms with Crippen molar-refractivity contribution in [2.24, 2.45) is 5.41 Å². The van der Waals surface area contributed by atoms with Gasteiger partial charge in [-0.3, -0.25) is 5.32 Å². The van der Waals surface area contributed by atoms with E-state index in [0.29, 0.717) is 36.5 Å². The molecule has 0 aromatic heterocycles. The van der Waals surface area contributed by atoms with Gasteiger partial charge in [0.2, 0.25) is 0 Å². The van der Waals surface area contributed by atoms with Gasteiger partial charge in [0, 0.05) is 40.2 Å². The highest BCUT2D eigenvalue weighted by atomic mass is 35.5. The van der Waals surface area contributed by atoms with Crippen molar-refractivity contribution in [2.45, 2.75) is 64.7 Å². The molecule has 5 N–H and O–H groups in total. The van der Waals surface area contributed by atoms with Crippen LogP contribution in [0.4, 0.5) is 20.2 Å². The number of rotatable bonds is 9. The van der Waals surface area contributed by atoms with Crippen molar-refractivity contribution in [3.63, 3.8) is 0 Å². The van der Waals surface area contributed by atoms with E-state index < -0.39 is 12.0 Å². The summed E-state index contributed by atoms with van der Waals surface area (Å²) in [5, 5.41) is 27.6. The minimum absolute atomic E-state index is 0.0149. The van der Waals surface area contributed by atoms with Crippen LogP contribution in [0.3, 0.4) is 0 Å². The highest BCUT2D eigenvalue weighted by Gasteiger charge is 2.60. The lowest BCUT2D eigenvalue weighted by molar-refractivity contribution is -0.000954. The number of fused-ring (bicyclic) bond motifs is 1. The SMILES string of the molecule is CNC1C(C(Nc2cc(Cl)c3c(c2)C(NCC(C)(C)C)=C(C#N)CN3)C2=C(C)SCN2)=CN1C1(C(F)F)CC1. The third kappa shape index (κ3) is 5.17. The summed E-state index contributed by atoms with van der Waals surface area (Å²) in [7, 11) is 1.81. The summed E-state index contributed by atoms with van der Waals surface area (Å²) in [4.78, 5) is 2.95. The molecular formula is C28H36ClF2N7S. The number of nitrogens with zero attached hydrogens (tertiary/aromatic N) is 2. The molecular weight excluding hydrogens is 540 g/mol. The molecule has 1 fully saturated rings. The van der Waals surface area contributed by atoms with Crippen LogP contribution in [0.5, 0.6) is 0 Å². The van der Waals surface area contributed by atoms with Gasteiger partial charge in [-0.25, -0.2) is 8.78 Å². The van der Waals surface area contributed by atoms with Crippen LogP contribution in [-0.2, 0) is 0 Å². The minimum atomic E-state index is -2.40. The maximum atomic E-state index is 13.9. The topological polar surface area (TPSA) is 87.2 Å². The van der Waals surface area contributed by atoms with E-state index in [-0.39, 0.29) is 17.6 Å². The lowest BCUT2D eigenvalue weighted by Gasteiger charge is -2.48. The molecule has 1 aliphatic carbocycles. The number of nitriles is 1. The number of nitrogens with one attached hydrogen (secondary N) is 5. The van der Waals surface area contributed by atoms with Crippen LogP contribution in [-0.4, -0.2) is 55.1 Å². The van der Waals surface area contributed by atoms with E-state index in [2.05, 4.69) is 60.3 Å². The van der Waals surface area contributed by atoms with Gasteiger partial charge in [-0.2, -0.15) is 5.26 Å². The molecule has 1 aromatic carbocycles. The van der Waals surface area contributed by atoms with Crippen molar-refractivity contribution in [3.8, 4) is 6.07 Å². The first-order valence-electron chi connectivity index (χ1n) is 13.2. The van der Waals surface area contributed by atoms with Crippen molar-refractivity contribution in [1.82, 2.24) is 20.9 Å². The highest BCUT2D eigenvalue weighted by Crippen LogP contribution is 2.52. The van der Waals surface area contributed by atoms with Crippen LogP contribution < -0.4 is 26.6 Å². The maximum absolute atomic E-state index is 13.9. The predicted octanol–water partition coefficient (Wildman–Crippen LogP) is 5.48. The second-order valence-electron chi connectivity index (χ2n) is 11.8. The second kappa shape index (κ2) is 10.4. The summed E-state index contributed by atoms with van der Waals surface area (Å²) < 4.78 is 27.9. The highest BCUT2D eigenvalue weighted by molar-refractivity contribution is 8.03. The summed E-state index contributed by atoms with van der Waals surface area (Å²) in [5.41, 5.74) is 4.76. The molecule has 0 bridgehead atoms. The third-order valence-electron chi connectivity index (χ3n) is 7.74. The average Bonchev–Trinajstić information content (AvgIpc) is 3.54. The van der Waals surface area contributed by atoms with E-state index in [1.54, 1.807) is 16.7 Å². The number of hydrogen-bond acceptors (Lipinski definition) is 8. The van der Waals surface area contributed by atoms with Crippen molar-refractivity contribution in [3.05, 3.63) is 50.7 Å². The standard InChI is InChI=1S/C28H36ClF2N7S/c1-15-21(36-14-39-15)24(19-12-38(25(19)33-5)28(6-7-28)26(30)31)37-17-8-18-22(35-13-27(2,3)4)16(10-32)11-34-23(18)20(29)9-17/h8-9,12,24-26,33-37H,6-7,11,13-14H2,1-5H3. The number of benzene rings is 1. The first-order chi connectivity index (χ1) is 18.5. The summed E-state index contributed by atoms with van der Waals surface area (Å²) >= 11 is 8.51. The summed E-state index contributed by atoms with van der Waals surface area (Å²) in [6.45, 7) is 9.58. The van der Waals surface area contributed by atoms with Crippen molar-refractivity contribution in [1.29, 1.82) is 5.26 Å². The molecule has 5 rings (SSSR count). The van der Waals surface area contributed by atoms with Crippen LogP contribution in [0.15, 0.2) is 40.1 Å². The van der Waals surface area contributed by atoms with Gasteiger partial charge in [0.05, 0.1) is 46.5 Å². The van der Waals surface area contributed by atoms with Crippen LogP contribution in [0.2, 0.25) is 5.02 Å².